The Bertz CT molecular complexity index is 451. The Morgan fingerprint density at radius 1 is 0.938 bits per heavy atom. The summed E-state index contributed by atoms with van der Waals surface area (Å²) in [5.41, 5.74) is 1.18. The monoisotopic (exact) mass is 216 g/mol. The largest absolute Gasteiger partial charge is 0.494 e. The third-order valence-electron chi connectivity index (χ3n) is 2.07. The van der Waals surface area contributed by atoms with Crippen LogP contribution in [-0.4, -0.2) is 17.1 Å². The third-order valence-corrected chi connectivity index (χ3v) is 2.07. The molecule has 0 atom stereocenters. The Balaban J connectivity index is 2.11. The number of aryl methyl sites for hydroxylation is 1. The predicted octanol–water partition coefficient (Wildman–Crippen LogP) is 2.59. The molecule has 2 rings (SSSR count). The number of hydrogen-bond donors (Lipinski definition) is 0. The molecule has 0 fully saturated rings. The average Bonchev–Trinajstić information content (AvgIpc) is 2.33. The van der Waals surface area contributed by atoms with Gasteiger partial charge in [-0.3, -0.25) is 0 Å². The molecule has 16 heavy (non-hydrogen) atoms. The molecule has 1 heterocycles. The fourth-order valence-electron chi connectivity index (χ4n) is 1.17. The van der Waals surface area contributed by atoms with E-state index in [1.54, 1.807) is 19.5 Å². The highest BCUT2D eigenvalue weighted by Crippen LogP contribution is 2.18. The average molecular weight is 216 g/mol. The Morgan fingerprint density at radius 3 is 2.12 bits per heavy atom. The first kappa shape index (κ1) is 10.4. The van der Waals surface area contributed by atoms with Gasteiger partial charge in [0.2, 0.25) is 0 Å². The quantitative estimate of drug-likeness (QED) is 0.791. The van der Waals surface area contributed by atoms with Crippen LogP contribution in [0.25, 0.3) is 0 Å². The van der Waals surface area contributed by atoms with Crippen molar-refractivity contribution in [2.45, 2.75) is 6.92 Å². The van der Waals surface area contributed by atoms with Gasteiger partial charge in [0.25, 0.3) is 0 Å². The molecule has 4 heteroatoms. The molecule has 0 bridgehead atoms. The zero-order chi connectivity index (χ0) is 11.4. The summed E-state index contributed by atoms with van der Waals surface area (Å²) in [6, 6.07) is 8.01. The first-order valence-corrected chi connectivity index (χ1v) is 4.88. The standard InChI is InChI=1S/C12H12N2O2/c1-9-3-5-10(6-4-9)16-12-13-7-11(15-2)8-14-12/h3-8H,1-2H3. The van der Waals surface area contributed by atoms with E-state index in [9.17, 15) is 0 Å². The number of benzene rings is 1. The van der Waals surface area contributed by atoms with Crippen molar-refractivity contribution in [3.8, 4) is 17.5 Å². The summed E-state index contributed by atoms with van der Waals surface area (Å²) in [5, 5.41) is 0. The first-order chi connectivity index (χ1) is 7.78. The summed E-state index contributed by atoms with van der Waals surface area (Å²) in [6.45, 7) is 2.02. The minimum absolute atomic E-state index is 0.310. The van der Waals surface area contributed by atoms with E-state index in [1.807, 2.05) is 31.2 Å². The molecule has 1 aromatic heterocycles. The van der Waals surface area contributed by atoms with Crippen molar-refractivity contribution in [3.63, 3.8) is 0 Å². The van der Waals surface area contributed by atoms with Crippen LogP contribution in [0.1, 0.15) is 5.56 Å². The molecule has 0 amide bonds. The SMILES string of the molecule is COc1cnc(Oc2ccc(C)cc2)nc1. The first-order valence-electron chi connectivity index (χ1n) is 4.88. The fourth-order valence-corrected chi connectivity index (χ4v) is 1.17. The number of ether oxygens (including phenoxy) is 2. The highest BCUT2D eigenvalue weighted by molar-refractivity contribution is 5.28. The minimum Gasteiger partial charge on any atom is -0.494 e. The molecule has 82 valence electrons. The van der Waals surface area contributed by atoms with Gasteiger partial charge in [0.1, 0.15) is 5.75 Å². The number of aromatic nitrogens is 2. The van der Waals surface area contributed by atoms with Gasteiger partial charge in [0, 0.05) is 0 Å². The van der Waals surface area contributed by atoms with Crippen molar-refractivity contribution in [2.24, 2.45) is 0 Å². The smallest absolute Gasteiger partial charge is 0.322 e. The van der Waals surface area contributed by atoms with Crippen LogP contribution >= 0.6 is 0 Å². The number of nitrogens with zero attached hydrogens (tertiary/aromatic N) is 2. The van der Waals surface area contributed by atoms with Crippen LogP contribution in [0.3, 0.4) is 0 Å². The molecule has 0 aliphatic carbocycles. The zero-order valence-electron chi connectivity index (χ0n) is 9.18. The second kappa shape index (κ2) is 4.61. The van der Waals surface area contributed by atoms with Gasteiger partial charge in [-0.25, -0.2) is 0 Å². The lowest BCUT2D eigenvalue weighted by molar-refractivity contribution is 0.399. The molecule has 1 aromatic carbocycles. The maximum absolute atomic E-state index is 5.46. The molecule has 0 saturated carbocycles. The van der Waals surface area contributed by atoms with Gasteiger partial charge >= 0.3 is 6.01 Å². The highest BCUT2D eigenvalue weighted by Gasteiger charge is 2.00. The van der Waals surface area contributed by atoms with E-state index in [-0.39, 0.29) is 0 Å². The normalized spacial score (nSPS) is 9.88. The lowest BCUT2D eigenvalue weighted by Gasteiger charge is -2.04. The Labute approximate surface area is 93.9 Å². The van der Waals surface area contributed by atoms with Crippen molar-refractivity contribution >= 4 is 0 Å². The molecular formula is C12H12N2O2. The second-order valence-electron chi connectivity index (χ2n) is 3.32. The van der Waals surface area contributed by atoms with Crippen LogP contribution in [0, 0.1) is 6.92 Å². The minimum atomic E-state index is 0.310. The number of rotatable bonds is 3. The summed E-state index contributed by atoms with van der Waals surface area (Å²) in [5.74, 6) is 1.33. The lowest BCUT2D eigenvalue weighted by atomic mass is 10.2. The second-order valence-corrected chi connectivity index (χ2v) is 3.32. The zero-order valence-corrected chi connectivity index (χ0v) is 9.18. The maximum Gasteiger partial charge on any atom is 0.322 e. The molecule has 4 nitrogen and oxygen atoms in total. The van der Waals surface area contributed by atoms with E-state index in [4.69, 9.17) is 9.47 Å². The summed E-state index contributed by atoms with van der Waals surface area (Å²) in [7, 11) is 1.57. The van der Waals surface area contributed by atoms with Crippen LogP contribution < -0.4 is 9.47 Å². The van der Waals surface area contributed by atoms with Gasteiger partial charge in [-0.2, -0.15) is 9.97 Å². The van der Waals surface area contributed by atoms with Crippen LogP contribution in [0.15, 0.2) is 36.7 Å². The predicted molar refractivity (Wildman–Crippen MR) is 59.8 cm³/mol. The molecule has 0 aliphatic heterocycles. The summed E-state index contributed by atoms with van der Waals surface area (Å²) < 4.78 is 10.4. The maximum atomic E-state index is 5.46. The van der Waals surface area contributed by atoms with Gasteiger partial charge in [0.05, 0.1) is 19.5 Å². The molecule has 0 saturated heterocycles. The third kappa shape index (κ3) is 2.48. The van der Waals surface area contributed by atoms with Gasteiger partial charge in [-0.15, -0.1) is 0 Å². The van der Waals surface area contributed by atoms with Crippen LogP contribution in [0.5, 0.6) is 17.5 Å². The molecule has 0 spiro atoms. The van der Waals surface area contributed by atoms with Crippen molar-refractivity contribution in [1.82, 2.24) is 9.97 Å². The van der Waals surface area contributed by atoms with Gasteiger partial charge in [0.15, 0.2) is 5.75 Å². The van der Waals surface area contributed by atoms with E-state index in [1.165, 1.54) is 5.56 Å². The fraction of sp³-hybridized carbons (Fsp3) is 0.167. The van der Waals surface area contributed by atoms with Gasteiger partial charge in [-0.1, -0.05) is 17.7 Å². The van der Waals surface area contributed by atoms with E-state index in [2.05, 4.69) is 9.97 Å². The van der Waals surface area contributed by atoms with Gasteiger partial charge in [-0.05, 0) is 19.1 Å². The summed E-state index contributed by atoms with van der Waals surface area (Å²) in [6.07, 6.45) is 3.13. The summed E-state index contributed by atoms with van der Waals surface area (Å²) >= 11 is 0. The Morgan fingerprint density at radius 2 is 1.56 bits per heavy atom. The van der Waals surface area contributed by atoms with E-state index >= 15 is 0 Å². The molecular weight excluding hydrogens is 204 g/mol. The van der Waals surface area contributed by atoms with Crippen molar-refractivity contribution in [2.75, 3.05) is 7.11 Å². The molecule has 2 aromatic rings. The number of methoxy groups -OCH3 is 1. The van der Waals surface area contributed by atoms with Crippen LogP contribution in [-0.2, 0) is 0 Å². The molecule has 0 aliphatic rings. The van der Waals surface area contributed by atoms with Crippen molar-refractivity contribution in [3.05, 3.63) is 42.2 Å². The topological polar surface area (TPSA) is 44.2 Å². The number of hydrogen-bond acceptors (Lipinski definition) is 4. The molecule has 0 N–H and O–H groups in total. The Kier molecular flexibility index (Phi) is 3.00. The Hall–Kier alpha value is -2.10. The molecule has 0 unspecified atom stereocenters. The van der Waals surface area contributed by atoms with E-state index in [0.717, 1.165) is 5.75 Å². The van der Waals surface area contributed by atoms with E-state index in [0.29, 0.717) is 11.8 Å². The summed E-state index contributed by atoms with van der Waals surface area (Å²) in [4.78, 5) is 8.02. The van der Waals surface area contributed by atoms with Crippen LogP contribution in [0.2, 0.25) is 0 Å². The van der Waals surface area contributed by atoms with Crippen molar-refractivity contribution < 1.29 is 9.47 Å². The van der Waals surface area contributed by atoms with Gasteiger partial charge < -0.3 is 9.47 Å². The lowest BCUT2D eigenvalue weighted by Crippen LogP contribution is -1.92. The van der Waals surface area contributed by atoms with Crippen LogP contribution in [0.4, 0.5) is 0 Å². The highest BCUT2D eigenvalue weighted by atomic mass is 16.5. The van der Waals surface area contributed by atoms with E-state index < -0.39 is 0 Å². The van der Waals surface area contributed by atoms with Crippen molar-refractivity contribution in [1.29, 1.82) is 0 Å². The molecule has 0 radical (unpaired) electrons.